The second-order valence-corrected chi connectivity index (χ2v) is 7.29. The van der Waals surface area contributed by atoms with Crippen molar-refractivity contribution < 1.29 is 10.2 Å². The van der Waals surface area contributed by atoms with Gasteiger partial charge in [-0.2, -0.15) is 0 Å². The third-order valence-electron chi connectivity index (χ3n) is 4.67. The Morgan fingerprint density at radius 1 is 0.667 bits per heavy atom. The highest BCUT2D eigenvalue weighted by Crippen LogP contribution is 2.18. The van der Waals surface area contributed by atoms with Crippen LogP contribution in [-0.4, -0.2) is 16.0 Å². The molecule has 0 aliphatic rings. The average molecular weight is 339 g/mol. The first-order chi connectivity index (χ1) is 11.6. The lowest BCUT2D eigenvalue weighted by atomic mass is 9.94. The lowest BCUT2D eigenvalue weighted by molar-refractivity contribution is -0.115. The maximum absolute atomic E-state index is 9.91. The predicted molar refractivity (Wildman–Crippen MR) is 105 cm³/mol. The van der Waals surface area contributed by atoms with Gasteiger partial charge >= 0.3 is 0 Å². The molecule has 0 aliphatic heterocycles. The van der Waals surface area contributed by atoms with E-state index in [0.29, 0.717) is 12.3 Å². The molecule has 0 aromatic heterocycles. The quantitative estimate of drug-likeness (QED) is 0.212. The summed E-state index contributed by atoms with van der Waals surface area (Å²) >= 11 is 0. The molecule has 2 nitrogen and oxygen atoms in total. The van der Waals surface area contributed by atoms with Gasteiger partial charge in [-0.15, -0.1) is 0 Å². The van der Waals surface area contributed by atoms with Crippen molar-refractivity contribution in [1.82, 2.24) is 0 Å². The molecule has 0 spiro atoms. The lowest BCUT2D eigenvalue weighted by Crippen LogP contribution is -2.25. The Bertz CT molecular complexity index is 325. The third kappa shape index (κ3) is 15.0. The van der Waals surface area contributed by atoms with E-state index in [1.54, 1.807) is 0 Å². The third-order valence-corrected chi connectivity index (χ3v) is 4.67. The highest BCUT2D eigenvalue weighted by Gasteiger charge is 2.18. The van der Waals surface area contributed by atoms with E-state index in [1.807, 2.05) is 0 Å². The summed E-state index contributed by atoms with van der Waals surface area (Å²) in [4.78, 5) is 0. The second-order valence-electron chi connectivity index (χ2n) is 7.29. The maximum atomic E-state index is 9.91. The minimum atomic E-state index is -1.79. The van der Waals surface area contributed by atoms with Crippen molar-refractivity contribution in [2.24, 2.45) is 5.92 Å². The van der Waals surface area contributed by atoms with E-state index in [0.717, 1.165) is 25.7 Å². The van der Waals surface area contributed by atoms with Crippen molar-refractivity contribution in [2.75, 3.05) is 0 Å². The summed E-state index contributed by atoms with van der Waals surface area (Å²) in [5, 5.41) is 19.8. The first kappa shape index (κ1) is 23.5. The van der Waals surface area contributed by atoms with Crippen LogP contribution in [0.3, 0.4) is 0 Å². The Labute approximate surface area is 151 Å². The van der Waals surface area contributed by atoms with Gasteiger partial charge in [-0.25, -0.2) is 0 Å². The molecular weight excluding hydrogens is 296 g/mol. The van der Waals surface area contributed by atoms with Crippen LogP contribution in [0, 0.1) is 17.8 Å². The Morgan fingerprint density at radius 3 is 1.75 bits per heavy atom. The largest absolute Gasteiger partial charge is 0.356 e. The second kappa shape index (κ2) is 16.0. The van der Waals surface area contributed by atoms with Crippen LogP contribution < -0.4 is 0 Å². The number of unbranched alkanes of at least 4 members (excludes halogenated alkanes) is 9. The summed E-state index contributed by atoms with van der Waals surface area (Å²) in [6, 6.07) is 0. The molecule has 0 bridgehead atoms. The van der Waals surface area contributed by atoms with Crippen LogP contribution in [0.25, 0.3) is 0 Å². The van der Waals surface area contributed by atoms with Crippen molar-refractivity contribution in [2.45, 2.75) is 123 Å². The van der Waals surface area contributed by atoms with Gasteiger partial charge < -0.3 is 10.2 Å². The van der Waals surface area contributed by atoms with Crippen molar-refractivity contribution in [3.05, 3.63) is 0 Å². The number of hydrogen-bond donors (Lipinski definition) is 2. The molecule has 24 heavy (non-hydrogen) atoms. The van der Waals surface area contributed by atoms with E-state index in [2.05, 4.69) is 32.6 Å². The Morgan fingerprint density at radius 2 is 1.17 bits per heavy atom. The summed E-state index contributed by atoms with van der Waals surface area (Å²) in [5.74, 6) is 4.44. The molecule has 0 saturated heterocycles. The van der Waals surface area contributed by atoms with Gasteiger partial charge in [-0.05, 0) is 25.2 Å². The minimum absolute atomic E-state index is 0.324. The van der Waals surface area contributed by atoms with Gasteiger partial charge in [0.1, 0.15) is 0 Å². The molecular formula is C22H42O2. The van der Waals surface area contributed by atoms with E-state index < -0.39 is 5.79 Å². The highest BCUT2D eigenvalue weighted by atomic mass is 16.5. The van der Waals surface area contributed by atoms with Crippen LogP contribution in [0.4, 0.5) is 0 Å². The van der Waals surface area contributed by atoms with Gasteiger partial charge in [0.15, 0.2) is 0 Å². The number of rotatable bonds is 15. The van der Waals surface area contributed by atoms with E-state index in [9.17, 15) is 10.2 Å². The van der Waals surface area contributed by atoms with Crippen molar-refractivity contribution >= 4 is 0 Å². The SMILES string of the molecule is CCCCCCCCCCC(C#CC(O)(O)CCCC)CCCC. The fraction of sp³-hybridized carbons (Fsp3) is 0.909. The summed E-state index contributed by atoms with van der Waals surface area (Å²) < 4.78 is 0. The first-order valence-electron chi connectivity index (χ1n) is 10.5. The number of aliphatic hydroxyl groups is 2. The monoisotopic (exact) mass is 338 g/mol. The van der Waals surface area contributed by atoms with Crippen molar-refractivity contribution in [3.63, 3.8) is 0 Å². The zero-order valence-electron chi connectivity index (χ0n) is 16.6. The van der Waals surface area contributed by atoms with Crippen LogP contribution in [0.15, 0.2) is 0 Å². The van der Waals surface area contributed by atoms with E-state index in [1.165, 1.54) is 64.2 Å². The highest BCUT2D eigenvalue weighted by molar-refractivity contribution is 5.11. The molecule has 0 rings (SSSR count). The molecule has 0 radical (unpaired) electrons. The average Bonchev–Trinajstić information content (AvgIpc) is 2.57. The number of hydrogen-bond acceptors (Lipinski definition) is 2. The molecule has 1 atom stereocenters. The topological polar surface area (TPSA) is 40.5 Å². The van der Waals surface area contributed by atoms with Gasteiger partial charge in [0, 0.05) is 12.3 Å². The predicted octanol–water partition coefficient (Wildman–Crippen LogP) is 6.20. The summed E-state index contributed by atoms with van der Waals surface area (Å²) in [6.07, 6.45) is 17.3. The molecule has 0 aromatic carbocycles. The van der Waals surface area contributed by atoms with Gasteiger partial charge in [-0.1, -0.05) is 97.3 Å². The molecule has 142 valence electrons. The van der Waals surface area contributed by atoms with E-state index in [-0.39, 0.29) is 0 Å². The Hall–Kier alpha value is -0.520. The Kier molecular flexibility index (Phi) is 15.6. The standard InChI is InChI=1S/C22H42O2/c1-4-7-10-11-12-13-14-15-17-21(16-8-5-2)18-20-22(23,24)19-9-6-3/h21,23-24H,4-17,19H2,1-3H3. The van der Waals surface area contributed by atoms with Gasteiger partial charge in [0.25, 0.3) is 0 Å². The van der Waals surface area contributed by atoms with Crippen LogP contribution in [0.2, 0.25) is 0 Å². The summed E-state index contributed by atoms with van der Waals surface area (Å²) in [5.41, 5.74) is 0. The zero-order valence-corrected chi connectivity index (χ0v) is 16.6. The van der Waals surface area contributed by atoms with Crippen LogP contribution in [0.1, 0.15) is 117 Å². The first-order valence-corrected chi connectivity index (χ1v) is 10.5. The molecule has 0 saturated carbocycles. The molecule has 2 heteroatoms. The maximum Gasteiger partial charge on any atom is 0.228 e. The molecule has 2 N–H and O–H groups in total. The van der Waals surface area contributed by atoms with Gasteiger partial charge in [-0.3, -0.25) is 0 Å². The Balaban J connectivity index is 4.09. The molecule has 0 aromatic rings. The lowest BCUT2D eigenvalue weighted by Gasteiger charge is -2.15. The molecule has 0 heterocycles. The molecule has 0 aliphatic carbocycles. The fourth-order valence-electron chi connectivity index (χ4n) is 2.97. The van der Waals surface area contributed by atoms with Gasteiger partial charge in [0.2, 0.25) is 5.79 Å². The van der Waals surface area contributed by atoms with Gasteiger partial charge in [0.05, 0.1) is 0 Å². The van der Waals surface area contributed by atoms with E-state index >= 15 is 0 Å². The zero-order chi connectivity index (χ0) is 18.1. The van der Waals surface area contributed by atoms with E-state index in [4.69, 9.17) is 0 Å². The van der Waals surface area contributed by atoms with Crippen LogP contribution in [0.5, 0.6) is 0 Å². The molecule has 0 amide bonds. The normalized spacial score (nSPS) is 12.7. The van der Waals surface area contributed by atoms with Crippen LogP contribution in [-0.2, 0) is 0 Å². The molecule has 1 unspecified atom stereocenters. The summed E-state index contributed by atoms with van der Waals surface area (Å²) in [7, 11) is 0. The van der Waals surface area contributed by atoms with Crippen molar-refractivity contribution in [3.8, 4) is 11.8 Å². The fourth-order valence-corrected chi connectivity index (χ4v) is 2.97. The van der Waals surface area contributed by atoms with Crippen molar-refractivity contribution in [1.29, 1.82) is 0 Å². The summed E-state index contributed by atoms with van der Waals surface area (Å²) in [6.45, 7) is 6.51. The minimum Gasteiger partial charge on any atom is -0.356 e. The van der Waals surface area contributed by atoms with Crippen LogP contribution >= 0.6 is 0 Å². The smallest absolute Gasteiger partial charge is 0.228 e. The molecule has 0 fully saturated rings.